The van der Waals surface area contributed by atoms with Crippen molar-refractivity contribution in [3.05, 3.63) is 27.7 Å². The van der Waals surface area contributed by atoms with Crippen LogP contribution in [0.4, 0.5) is 13.2 Å². The molecule has 1 rings (SSSR count). The number of aliphatic hydroxyl groups excluding tert-OH is 1. The Morgan fingerprint density at radius 3 is 2.62 bits per heavy atom. The summed E-state index contributed by atoms with van der Waals surface area (Å²) in [5.74, 6) is -0.813. The van der Waals surface area contributed by atoms with Crippen molar-refractivity contribution in [1.82, 2.24) is 4.98 Å². The molecule has 0 aromatic carbocycles. The minimum absolute atomic E-state index is 0.197. The molecule has 0 bridgehead atoms. The fourth-order valence-corrected chi connectivity index (χ4v) is 1.26. The number of aliphatic hydroxyl groups is 1. The topological polar surface area (TPSA) is 33.1 Å². The maximum atomic E-state index is 12.9. The first-order chi connectivity index (χ1) is 6.06. The number of rotatable bonds is 2. The number of nitrogens with zero attached hydrogens (tertiary/aromatic N) is 1. The van der Waals surface area contributed by atoms with E-state index in [0.717, 1.165) is 6.07 Å². The molecule has 0 fully saturated rings. The number of halogens is 4. The van der Waals surface area contributed by atoms with Gasteiger partial charge in [-0.3, -0.25) is 0 Å². The van der Waals surface area contributed by atoms with Gasteiger partial charge in [0.25, 0.3) is 6.43 Å². The van der Waals surface area contributed by atoms with E-state index in [1.165, 1.54) is 0 Å². The Hall–Kier alpha value is -0.620. The molecule has 0 atom stereocenters. The van der Waals surface area contributed by atoms with Crippen molar-refractivity contribution in [2.45, 2.75) is 13.0 Å². The Morgan fingerprint density at radius 2 is 2.15 bits per heavy atom. The number of alkyl halides is 2. The molecule has 0 saturated carbocycles. The van der Waals surface area contributed by atoms with E-state index in [1.54, 1.807) is 0 Å². The molecule has 72 valence electrons. The van der Waals surface area contributed by atoms with Crippen molar-refractivity contribution in [2.75, 3.05) is 0 Å². The highest BCUT2D eigenvalue weighted by molar-refractivity contribution is 9.10. The Balaban J connectivity index is 3.22. The van der Waals surface area contributed by atoms with Crippen LogP contribution in [0.2, 0.25) is 0 Å². The third kappa shape index (κ3) is 2.19. The largest absolute Gasteiger partial charge is 0.392 e. The first-order valence-electron chi connectivity index (χ1n) is 3.30. The highest BCUT2D eigenvalue weighted by Gasteiger charge is 2.15. The molecule has 0 spiro atoms. The molecular weight excluding hydrogens is 251 g/mol. The Kier molecular flexibility index (Phi) is 3.27. The lowest BCUT2D eigenvalue weighted by Gasteiger charge is -2.04. The Bertz CT molecular complexity index is 319. The van der Waals surface area contributed by atoms with E-state index in [-0.39, 0.29) is 10.2 Å². The highest BCUT2D eigenvalue weighted by atomic mass is 79.9. The molecule has 0 radical (unpaired) electrons. The minimum atomic E-state index is -2.78. The molecule has 13 heavy (non-hydrogen) atoms. The van der Waals surface area contributed by atoms with Gasteiger partial charge in [-0.15, -0.1) is 0 Å². The normalized spacial score (nSPS) is 10.9. The average molecular weight is 256 g/mol. The molecule has 0 saturated heterocycles. The summed E-state index contributed by atoms with van der Waals surface area (Å²) in [6.45, 7) is -0.632. The minimum Gasteiger partial charge on any atom is -0.392 e. The summed E-state index contributed by atoms with van der Waals surface area (Å²) in [6, 6.07) is 0.838. The molecule has 0 amide bonds. The van der Waals surface area contributed by atoms with Crippen LogP contribution >= 0.6 is 15.9 Å². The fourth-order valence-electron chi connectivity index (χ4n) is 0.796. The van der Waals surface area contributed by atoms with E-state index in [0.29, 0.717) is 0 Å². The van der Waals surface area contributed by atoms with Crippen LogP contribution in [0.5, 0.6) is 0 Å². The number of hydrogen-bond donors (Lipinski definition) is 1. The van der Waals surface area contributed by atoms with E-state index in [2.05, 4.69) is 20.9 Å². The maximum absolute atomic E-state index is 12.9. The van der Waals surface area contributed by atoms with Gasteiger partial charge in [-0.1, -0.05) is 0 Å². The second-order valence-corrected chi connectivity index (χ2v) is 3.02. The van der Waals surface area contributed by atoms with Crippen molar-refractivity contribution < 1.29 is 18.3 Å². The van der Waals surface area contributed by atoms with Gasteiger partial charge >= 0.3 is 0 Å². The molecule has 2 nitrogen and oxygen atoms in total. The number of aromatic nitrogens is 1. The van der Waals surface area contributed by atoms with Gasteiger partial charge in [-0.2, -0.15) is 0 Å². The van der Waals surface area contributed by atoms with Gasteiger partial charge in [0, 0.05) is 5.56 Å². The van der Waals surface area contributed by atoms with E-state index in [4.69, 9.17) is 5.11 Å². The van der Waals surface area contributed by atoms with Gasteiger partial charge in [0.2, 0.25) is 0 Å². The zero-order chi connectivity index (χ0) is 10.0. The fraction of sp³-hybridized carbons (Fsp3) is 0.286. The highest BCUT2D eigenvalue weighted by Crippen LogP contribution is 2.23. The van der Waals surface area contributed by atoms with E-state index < -0.39 is 24.5 Å². The summed E-state index contributed by atoms with van der Waals surface area (Å²) in [6.07, 6.45) is -2.78. The van der Waals surface area contributed by atoms with Crippen LogP contribution in [-0.2, 0) is 6.61 Å². The van der Waals surface area contributed by atoms with Crippen LogP contribution in [0.1, 0.15) is 17.7 Å². The number of hydrogen-bond acceptors (Lipinski definition) is 2. The molecular formula is C7H5BrF3NO. The van der Waals surface area contributed by atoms with Crippen molar-refractivity contribution in [3.8, 4) is 0 Å². The van der Waals surface area contributed by atoms with Crippen molar-refractivity contribution in [1.29, 1.82) is 0 Å². The Morgan fingerprint density at radius 1 is 1.54 bits per heavy atom. The molecule has 1 heterocycles. The second kappa shape index (κ2) is 4.06. The van der Waals surface area contributed by atoms with E-state index in [1.807, 2.05) is 0 Å². The number of pyridine rings is 1. The summed E-state index contributed by atoms with van der Waals surface area (Å²) >= 11 is 2.68. The smallest absolute Gasteiger partial charge is 0.280 e. The monoisotopic (exact) mass is 255 g/mol. The zero-order valence-corrected chi connectivity index (χ0v) is 7.85. The lowest BCUT2D eigenvalue weighted by molar-refractivity contribution is 0.145. The van der Waals surface area contributed by atoms with Crippen molar-refractivity contribution >= 4 is 15.9 Å². The summed E-state index contributed by atoms with van der Waals surface area (Å²) < 4.78 is 36.8. The van der Waals surface area contributed by atoms with Crippen LogP contribution < -0.4 is 0 Å². The van der Waals surface area contributed by atoms with Gasteiger partial charge in [0.05, 0.1) is 6.61 Å². The molecule has 6 heteroatoms. The van der Waals surface area contributed by atoms with Crippen LogP contribution in [0.25, 0.3) is 0 Å². The lowest BCUT2D eigenvalue weighted by atomic mass is 10.2. The maximum Gasteiger partial charge on any atom is 0.280 e. The SMILES string of the molecule is OCc1cc(C(F)F)nc(Br)c1F. The van der Waals surface area contributed by atoms with Gasteiger partial charge in [-0.25, -0.2) is 18.2 Å². The lowest BCUT2D eigenvalue weighted by Crippen LogP contribution is -1.99. The molecule has 0 aliphatic rings. The molecule has 0 aliphatic heterocycles. The average Bonchev–Trinajstić information content (AvgIpc) is 2.09. The molecule has 0 unspecified atom stereocenters. The van der Waals surface area contributed by atoms with Crippen LogP contribution in [0, 0.1) is 5.82 Å². The van der Waals surface area contributed by atoms with Gasteiger partial charge in [-0.05, 0) is 22.0 Å². The summed E-state index contributed by atoms with van der Waals surface area (Å²) in [7, 11) is 0. The summed E-state index contributed by atoms with van der Waals surface area (Å²) in [5.41, 5.74) is -0.755. The summed E-state index contributed by atoms with van der Waals surface area (Å²) in [5, 5.41) is 8.62. The summed E-state index contributed by atoms with van der Waals surface area (Å²) in [4.78, 5) is 3.26. The molecule has 1 aromatic heterocycles. The van der Waals surface area contributed by atoms with Crippen LogP contribution in [-0.4, -0.2) is 10.1 Å². The third-order valence-corrected chi connectivity index (χ3v) is 1.93. The second-order valence-electron chi connectivity index (χ2n) is 2.27. The van der Waals surface area contributed by atoms with Gasteiger partial charge in [0.1, 0.15) is 10.3 Å². The van der Waals surface area contributed by atoms with Crippen LogP contribution in [0.15, 0.2) is 10.7 Å². The zero-order valence-electron chi connectivity index (χ0n) is 6.27. The van der Waals surface area contributed by atoms with Crippen LogP contribution in [0.3, 0.4) is 0 Å². The quantitative estimate of drug-likeness (QED) is 0.824. The van der Waals surface area contributed by atoms with E-state index in [9.17, 15) is 13.2 Å². The van der Waals surface area contributed by atoms with Crippen molar-refractivity contribution in [3.63, 3.8) is 0 Å². The van der Waals surface area contributed by atoms with E-state index >= 15 is 0 Å². The predicted molar refractivity (Wildman–Crippen MR) is 42.8 cm³/mol. The molecule has 0 aliphatic carbocycles. The predicted octanol–water partition coefficient (Wildman–Crippen LogP) is 2.41. The molecule has 1 N–H and O–H groups in total. The molecule has 1 aromatic rings. The third-order valence-electron chi connectivity index (χ3n) is 1.41. The van der Waals surface area contributed by atoms with Gasteiger partial charge < -0.3 is 5.11 Å². The van der Waals surface area contributed by atoms with Crippen molar-refractivity contribution in [2.24, 2.45) is 0 Å². The van der Waals surface area contributed by atoms with Gasteiger partial charge in [0.15, 0.2) is 5.82 Å². The first-order valence-corrected chi connectivity index (χ1v) is 4.09. The first kappa shape index (κ1) is 10.5. The Labute approximate surface area is 80.5 Å². The standard InChI is InChI=1S/C7H5BrF3NO/c8-6-5(9)3(2-13)1-4(12-6)7(10)11/h1,7,13H,2H2.